The van der Waals surface area contributed by atoms with Crippen molar-refractivity contribution in [1.82, 2.24) is 15.0 Å². The van der Waals surface area contributed by atoms with Crippen LogP contribution >= 0.6 is 11.3 Å². The summed E-state index contributed by atoms with van der Waals surface area (Å²) in [4.78, 5) is 12.4. The number of hydrogen-bond donors (Lipinski definition) is 2. The van der Waals surface area contributed by atoms with Gasteiger partial charge in [-0.05, 0) is 0 Å². The zero-order valence-electron chi connectivity index (χ0n) is 9.25. The van der Waals surface area contributed by atoms with Crippen LogP contribution in [0.25, 0.3) is 0 Å². The molecule has 0 amide bonds. The molecule has 0 saturated heterocycles. The molecule has 0 fully saturated rings. The van der Waals surface area contributed by atoms with Crippen molar-refractivity contribution in [2.45, 2.75) is 13.2 Å². The Bertz CT molecular complexity index is 489. The molecule has 0 unspecified atom stereocenters. The normalized spacial score (nSPS) is 10.2. The average molecular weight is 252 g/mol. The minimum Gasteiger partial charge on any atom is -0.481 e. The molecule has 7 heteroatoms. The van der Waals surface area contributed by atoms with Crippen LogP contribution in [0, 0.1) is 0 Å². The number of hydrogen-bond acceptors (Lipinski definition) is 7. The van der Waals surface area contributed by atoms with E-state index in [1.165, 1.54) is 11.3 Å². The van der Waals surface area contributed by atoms with Crippen LogP contribution in [0.2, 0.25) is 0 Å². The molecule has 0 bridgehead atoms. The molecule has 6 nitrogen and oxygen atoms in total. The second-order valence-corrected chi connectivity index (χ2v) is 4.11. The van der Waals surface area contributed by atoms with Crippen LogP contribution in [0.1, 0.15) is 10.7 Å². The van der Waals surface area contributed by atoms with Crippen LogP contribution in [0.3, 0.4) is 0 Å². The molecule has 0 saturated carbocycles. The highest BCUT2D eigenvalue weighted by Gasteiger charge is 2.02. The summed E-state index contributed by atoms with van der Waals surface area (Å²) < 4.78 is 4.99. The molecule has 2 heterocycles. The number of aromatic nitrogens is 3. The molecule has 0 spiro atoms. The van der Waals surface area contributed by atoms with Gasteiger partial charge in [0.1, 0.15) is 5.01 Å². The van der Waals surface area contributed by atoms with Crippen molar-refractivity contribution in [3.05, 3.63) is 28.3 Å². The monoisotopic (exact) mass is 252 g/mol. The van der Waals surface area contributed by atoms with E-state index >= 15 is 0 Å². The minimum atomic E-state index is -0.0356. The summed E-state index contributed by atoms with van der Waals surface area (Å²) in [5, 5.41) is 14.6. The number of methoxy groups -OCH3 is 1. The van der Waals surface area contributed by atoms with Gasteiger partial charge in [-0.2, -0.15) is 4.98 Å². The fourth-order valence-corrected chi connectivity index (χ4v) is 1.92. The standard InChI is InChI=1S/C10H12N4O2S/c1-16-8-2-3-11-10(14-8)12-4-9-13-7(5-15)6-17-9/h2-3,6,15H,4-5H2,1H3,(H,11,12,14). The fraction of sp³-hybridized carbons (Fsp3) is 0.300. The Morgan fingerprint density at radius 3 is 3.06 bits per heavy atom. The van der Waals surface area contributed by atoms with E-state index in [0.29, 0.717) is 24.1 Å². The van der Waals surface area contributed by atoms with E-state index in [0.717, 1.165) is 5.01 Å². The molecule has 0 aliphatic carbocycles. The van der Waals surface area contributed by atoms with Crippen LogP contribution in [0.15, 0.2) is 17.6 Å². The number of ether oxygens (including phenoxy) is 1. The quantitative estimate of drug-likeness (QED) is 0.827. The molecule has 90 valence electrons. The van der Waals surface area contributed by atoms with Crippen LogP contribution in [-0.2, 0) is 13.2 Å². The Labute approximate surface area is 102 Å². The topological polar surface area (TPSA) is 80.2 Å². The highest BCUT2D eigenvalue weighted by Crippen LogP contribution is 2.12. The van der Waals surface area contributed by atoms with Gasteiger partial charge in [-0.1, -0.05) is 0 Å². The first-order chi connectivity index (χ1) is 8.31. The third-order valence-corrected chi connectivity index (χ3v) is 2.90. The van der Waals surface area contributed by atoms with Gasteiger partial charge in [0.05, 0.1) is 26.0 Å². The largest absolute Gasteiger partial charge is 0.481 e. The summed E-state index contributed by atoms with van der Waals surface area (Å²) in [6.07, 6.45) is 1.62. The summed E-state index contributed by atoms with van der Waals surface area (Å²) >= 11 is 1.48. The number of aliphatic hydroxyl groups excluding tert-OH is 1. The average Bonchev–Trinajstić information content (AvgIpc) is 2.84. The van der Waals surface area contributed by atoms with E-state index in [9.17, 15) is 0 Å². The summed E-state index contributed by atoms with van der Waals surface area (Å²) in [5.41, 5.74) is 0.679. The van der Waals surface area contributed by atoms with Gasteiger partial charge in [0.25, 0.3) is 0 Å². The Hall–Kier alpha value is -1.73. The van der Waals surface area contributed by atoms with E-state index in [-0.39, 0.29) is 6.61 Å². The third kappa shape index (κ3) is 3.11. The number of thiazole rings is 1. The summed E-state index contributed by atoms with van der Waals surface area (Å²) in [6.45, 7) is 0.490. The maximum Gasteiger partial charge on any atom is 0.226 e. The second kappa shape index (κ2) is 5.55. The lowest BCUT2D eigenvalue weighted by atomic mass is 10.5. The lowest BCUT2D eigenvalue weighted by Crippen LogP contribution is -2.04. The molecule has 0 aromatic carbocycles. The predicted octanol–water partition coefficient (Wildman–Crippen LogP) is 1.05. The van der Waals surface area contributed by atoms with E-state index in [1.54, 1.807) is 19.4 Å². The Morgan fingerprint density at radius 2 is 2.35 bits per heavy atom. The third-order valence-electron chi connectivity index (χ3n) is 2.00. The molecular weight excluding hydrogens is 240 g/mol. The van der Waals surface area contributed by atoms with E-state index in [1.807, 2.05) is 5.38 Å². The lowest BCUT2D eigenvalue weighted by molar-refractivity contribution is 0.277. The molecule has 2 rings (SSSR count). The van der Waals surface area contributed by atoms with Crippen LogP contribution in [-0.4, -0.2) is 27.2 Å². The molecule has 2 aromatic heterocycles. The van der Waals surface area contributed by atoms with Crippen LogP contribution < -0.4 is 10.1 Å². The van der Waals surface area contributed by atoms with Crippen molar-refractivity contribution in [3.8, 4) is 5.88 Å². The van der Waals surface area contributed by atoms with Crippen molar-refractivity contribution >= 4 is 17.3 Å². The van der Waals surface area contributed by atoms with Crippen molar-refractivity contribution in [1.29, 1.82) is 0 Å². The maximum absolute atomic E-state index is 8.89. The number of nitrogens with one attached hydrogen (secondary N) is 1. The number of anilines is 1. The lowest BCUT2D eigenvalue weighted by Gasteiger charge is -2.03. The van der Waals surface area contributed by atoms with Crippen LogP contribution in [0.5, 0.6) is 5.88 Å². The van der Waals surface area contributed by atoms with Gasteiger partial charge in [0.15, 0.2) is 0 Å². The van der Waals surface area contributed by atoms with Gasteiger partial charge in [0, 0.05) is 17.6 Å². The Balaban J connectivity index is 1.96. The highest BCUT2D eigenvalue weighted by molar-refractivity contribution is 7.09. The molecule has 0 radical (unpaired) electrons. The SMILES string of the molecule is COc1ccnc(NCc2nc(CO)cs2)n1. The van der Waals surface area contributed by atoms with Gasteiger partial charge < -0.3 is 15.2 Å². The first kappa shape index (κ1) is 11.7. The van der Waals surface area contributed by atoms with E-state index in [2.05, 4.69) is 20.3 Å². The molecule has 2 N–H and O–H groups in total. The molecule has 17 heavy (non-hydrogen) atoms. The summed E-state index contributed by atoms with van der Waals surface area (Å²) in [7, 11) is 1.56. The molecule has 0 atom stereocenters. The van der Waals surface area contributed by atoms with Crippen molar-refractivity contribution in [3.63, 3.8) is 0 Å². The van der Waals surface area contributed by atoms with Crippen molar-refractivity contribution < 1.29 is 9.84 Å². The fourth-order valence-electron chi connectivity index (χ4n) is 1.20. The number of aliphatic hydroxyl groups is 1. The second-order valence-electron chi connectivity index (χ2n) is 3.17. The van der Waals surface area contributed by atoms with Gasteiger partial charge >= 0.3 is 0 Å². The van der Waals surface area contributed by atoms with Crippen LogP contribution in [0.4, 0.5) is 5.95 Å². The Kier molecular flexibility index (Phi) is 3.84. The molecular formula is C10H12N4O2S. The van der Waals surface area contributed by atoms with E-state index < -0.39 is 0 Å². The van der Waals surface area contributed by atoms with Crippen molar-refractivity contribution in [2.75, 3.05) is 12.4 Å². The smallest absolute Gasteiger partial charge is 0.226 e. The van der Waals surface area contributed by atoms with E-state index in [4.69, 9.17) is 9.84 Å². The molecule has 0 aliphatic rings. The van der Waals surface area contributed by atoms with Gasteiger partial charge in [-0.25, -0.2) is 9.97 Å². The summed E-state index contributed by atoms with van der Waals surface area (Å²) in [6, 6.07) is 1.68. The number of nitrogens with zero attached hydrogens (tertiary/aromatic N) is 3. The van der Waals surface area contributed by atoms with Gasteiger partial charge in [0.2, 0.25) is 11.8 Å². The summed E-state index contributed by atoms with van der Waals surface area (Å²) in [5.74, 6) is 1.00. The first-order valence-corrected chi connectivity index (χ1v) is 5.85. The Morgan fingerprint density at radius 1 is 1.47 bits per heavy atom. The minimum absolute atomic E-state index is 0.0356. The highest BCUT2D eigenvalue weighted by atomic mass is 32.1. The number of rotatable bonds is 5. The molecule has 0 aliphatic heterocycles. The zero-order valence-corrected chi connectivity index (χ0v) is 10.1. The maximum atomic E-state index is 8.89. The zero-order chi connectivity index (χ0) is 12.1. The first-order valence-electron chi connectivity index (χ1n) is 4.97. The molecule has 2 aromatic rings. The van der Waals surface area contributed by atoms with Gasteiger partial charge in [-0.3, -0.25) is 0 Å². The van der Waals surface area contributed by atoms with Gasteiger partial charge in [-0.15, -0.1) is 11.3 Å². The predicted molar refractivity (Wildman–Crippen MR) is 63.9 cm³/mol. The van der Waals surface area contributed by atoms with Crippen molar-refractivity contribution in [2.24, 2.45) is 0 Å².